The van der Waals surface area contributed by atoms with Gasteiger partial charge in [-0.05, 0) is 25.3 Å². The predicted octanol–water partition coefficient (Wildman–Crippen LogP) is 2.70. The van der Waals surface area contributed by atoms with Crippen LogP contribution in [0.3, 0.4) is 0 Å². The second kappa shape index (κ2) is 5.75. The van der Waals surface area contributed by atoms with Gasteiger partial charge in [-0.1, -0.05) is 18.2 Å². The minimum Gasteiger partial charge on any atom is -0.383 e. The predicted molar refractivity (Wildman–Crippen MR) is 69.6 cm³/mol. The molecule has 0 radical (unpaired) electrons. The third-order valence-corrected chi connectivity index (χ3v) is 3.27. The highest BCUT2D eigenvalue weighted by atomic mass is 16.6. The van der Waals surface area contributed by atoms with E-state index in [1.54, 1.807) is 12.1 Å². The fourth-order valence-corrected chi connectivity index (χ4v) is 2.26. The van der Waals surface area contributed by atoms with Gasteiger partial charge in [0.25, 0.3) is 5.69 Å². The number of nitrogens with zero attached hydrogens (tertiary/aromatic N) is 1. The quantitative estimate of drug-likeness (QED) is 0.670. The Balaban J connectivity index is 2.38. The molecule has 0 saturated heterocycles. The number of rotatable bonds is 3. The maximum absolute atomic E-state index is 11.9. The monoisotopic (exact) mass is 261 g/mol. The fourth-order valence-electron chi connectivity index (χ4n) is 2.26. The number of allylic oxidation sites excluding steroid dienone is 1. The molecule has 2 rings (SSSR count). The lowest BCUT2D eigenvalue weighted by Gasteiger charge is -2.13. The second-order valence-corrected chi connectivity index (χ2v) is 4.55. The number of carbonyl (C=O) groups excluding carboxylic acids is 1. The van der Waals surface area contributed by atoms with E-state index in [-0.39, 0.29) is 22.6 Å². The van der Waals surface area contributed by atoms with Crippen LogP contribution in [0.2, 0.25) is 0 Å². The van der Waals surface area contributed by atoms with Crippen molar-refractivity contribution in [3.05, 3.63) is 51.6 Å². The highest BCUT2D eigenvalue weighted by molar-refractivity contribution is 5.96. The number of aliphatic hydroxyl groups is 1. The molecular formula is C14H15NO4. The normalized spacial score (nSPS) is 17.5. The van der Waals surface area contributed by atoms with Gasteiger partial charge in [0.05, 0.1) is 10.5 Å². The van der Waals surface area contributed by atoms with Crippen LogP contribution >= 0.6 is 0 Å². The number of para-hydroxylation sites is 1. The first-order chi connectivity index (χ1) is 9.11. The third kappa shape index (κ3) is 2.88. The summed E-state index contributed by atoms with van der Waals surface area (Å²) in [4.78, 5) is 22.3. The van der Waals surface area contributed by atoms with E-state index >= 15 is 0 Å². The number of aliphatic hydroxyl groups excluding tert-OH is 1. The number of hydrogen-bond acceptors (Lipinski definition) is 4. The zero-order chi connectivity index (χ0) is 13.8. The molecule has 0 amide bonds. The van der Waals surface area contributed by atoms with Crippen LogP contribution in [0.15, 0.2) is 35.9 Å². The molecule has 0 saturated carbocycles. The molecule has 0 aliphatic heterocycles. The van der Waals surface area contributed by atoms with Crippen LogP contribution in [0.1, 0.15) is 37.4 Å². The highest BCUT2D eigenvalue weighted by Crippen LogP contribution is 2.32. The molecule has 0 spiro atoms. The summed E-state index contributed by atoms with van der Waals surface area (Å²) in [6, 6.07) is 5.98. The molecule has 1 aromatic carbocycles. The van der Waals surface area contributed by atoms with Crippen molar-refractivity contribution in [3.8, 4) is 0 Å². The van der Waals surface area contributed by atoms with Gasteiger partial charge < -0.3 is 5.11 Å². The molecule has 0 heterocycles. The van der Waals surface area contributed by atoms with E-state index in [0.29, 0.717) is 6.42 Å². The number of benzene rings is 1. The Hall–Kier alpha value is -2.01. The van der Waals surface area contributed by atoms with E-state index in [1.807, 2.05) is 0 Å². The molecule has 100 valence electrons. The first-order valence-electron chi connectivity index (χ1n) is 6.26. The first kappa shape index (κ1) is 13.4. The van der Waals surface area contributed by atoms with Gasteiger partial charge >= 0.3 is 0 Å². The Kier molecular flexibility index (Phi) is 4.06. The van der Waals surface area contributed by atoms with Crippen LogP contribution in [0, 0.1) is 10.1 Å². The first-order valence-corrected chi connectivity index (χ1v) is 6.26. The maximum atomic E-state index is 11.9. The summed E-state index contributed by atoms with van der Waals surface area (Å²) in [5.74, 6) is -0.122. The molecular weight excluding hydrogens is 246 g/mol. The van der Waals surface area contributed by atoms with Crippen LogP contribution in [-0.2, 0) is 4.79 Å². The fraction of sp³-hybridized carbons (Fsp3) is 0.357. The minimum atomic E-state index is -1.22. The lowest BCUT2D eigenvalue weighted by Crippen LogP contribution is -2.12. The van der Waals surface area contributed by atoms with Crippen LogP contribution in [-0.4, -0.2) is 15.8 Å². The smallest absolute Gasteiger partial charge is 0.275 e. The van der Waals surface area contributed by atoms with Crippen LogP contribution in [0.5, 0.6) is 0 Å². The molecule has 1 N–H and O–H groups in total. The molecule has 5 heteroatoms. The summed E-state index contributed by atoms with van der Waals surface area (Å²) < 4.78 is 0. The number of hydrogen-bond donors (Lipinski definition) is 1. The molecule has 19 heavy (non-hydrogen) atoms. The third-order valence-electron chi connectivity index (χ3n) is 3.27. The number of ketones is 1. The Morgan fingerprint density at radius 3 is 2.74 bits per heavy atom. The number of Topliss-reactive ketones (excluding diaryl/α,β-unsaturated/α-hetero) is 1. The van der Waals surface area contributed by atoms with Crippen molar-refractivity contribution in [2.24, 2.45) is 0 Å². The summed E-state index contributed by atoms with van der Waals surface area (Å²) in [7, 11) is 0. The van der Waals surface area contributed by atoms with E-state index in [1.165, 1.54) is 18.2 Å². The van der Waals surface area contributed by atoms with Crippen molar-refractivity contribution in [2.75, 3.05) is 0 Å². The van der Waals surface area contributed by atoms with Crippen molar-refractivity contribution < 1.29 is 14.8 Å². The lowest BCUT2D eigenvalue weighted by molar-refractivity contribution is -0.386. The Labute approximate surface area is 110 Å². The average molecular weight is 261 g/mol. The van der Waals surface area contributed by atoms with Crippen molar-refractivity contribution in [3.63, 3.8) is 0 Å². The number of nitro groups is 1. The van der Waals surface area contributed by atoms with Gasteiger partial charge in [0.15, 0.2) is 5.78 Å². The summed E-state index contributed by atoms with van der Waals surface area (Å²) >= 11 is 0. The lowest BCUT2D eigenvalue weighted by atomic mass is 9.96. The molecule has 0 fully saturated rings. The van der Waals surface area contributed by atoms with Gasteiger partial charge in [-0.2, -0.15) is 0 Å². The standard InChI is InChI=1S/C14H15NO4/c16-13-9-3-1-2-7-11(13)14(17)10-6-4-5-8-12(10)15(18)19/h4-8,14,17H,1-3,9H2. The molecule has 1 aliphatic rings. The summed E-state index contributed by atoms with van der Waals surface area (Å²) in [6.07, 6.45) is 3.30. The molecule has 0 bridgehead atoms. The molecule has 0 aromatic heterocycles. The van der Waals surface area contributed by atoms with Gasteiger partial charge in [0.2, 0.25) is 0 Å². The molecule has 5 nitrogen and oxygen atoms in total. The Morgan fingerprint density at radius 2 is 2.00 bits per heavy atom. The Bertz CT molecular complexity index is 536. The summed E-state index contributed by atoms with van der Waals surface area (Å²) in [5, 5.41) is 21.2. The molecule has 1 aromatic rings. The van der Waals surface area contributed by atoms with Crippen molar-refractivity contribution in [1.29, 1.82) is 0 Å². The minimum absolute atomic E-state index is 0.122. The number of nitro benzene ring substituents is 1. The number of carbonyl (C=O) groups is 1. The highest BCUT2D eigenvalue weighted by Gasteiger charge is 2.26. The summed E-state index contributed by atoms with van der Waals surface area (Å²) in [5.41, 5.74) is 0.300. The molecule has 1 aliphatic carbocycles. The van der Waals surface area contributed by atoms with E-state index in [2.05, 4.69) is 0 Å². The van der Waals surface area contributed by atoms with Gasteiger partial charge in [-0.25, -0.2) is 0 Å². The van der Waals surface area contributed by atoms with Crippen molar-refractivity contribution in [2.45, 2.75) is 31.8 Å². The zero-order valence-corrected chi connectivity index (χ0v) is 10.4. The van der Waals surface area contributed by atoms with Gasteiger partial charge in [-0.15, -0.1) is 0 Å². The van der Waals surface area contributed by atoms with Crippen LogP contribution < -0.4 is 0 Å². The topological polar surface area (TPSA) is 80.4 Å². The van der Waals surface area contributed by atoms with Gasteiger partial charge in [0, 0.05) is 18.1 Å². The largest absolute Gasteiger partial charge is 0.383 e. The van der Waals surface area contributed by atoms with Gasteiger partial charge in [-0.3, -0.25) is 14.9 Å². The average Bonchev–Trinajstić information content (AvgIpc) is 2.62. The van der Waals surface area contributed by atoms with E-state index in [9.17, 15) is 20.0 Å². The molecule has 1 atom stereocenters. The molecule has 1 unspecified atom stereocenters. The van der Waals surface area contributed by atoms with Gasteiger partial charge in [0.1, 0.15) is 6.10 Å². The maximum Gasteiger partial charge on any atom is 0.275 e. The van der Waals surface area contributed by atoms with Crippen LogP contribution in [0.4, 0.5) is 5.69 Å². The van der Waals surface area contributed by atoms with E-state index < -0.39 is 11.0 Å². The van der Waals surface area contributed by atoms with Crippen LogP contribution in [0.25, 0.3) is 0 Å². The summed E-state index contributed by atoms with van der Waals surface area (Å²) in [6.45, 7) is 0. The van der Waals surface area contributed by atoms with Crippen molar-refractivity contribution in [1.82, 2.24) is 0 Å². The Morgan fingerprint density at radius 1 is 1.26 bits per heavy atom. The van der Waals surface area contributed by atoms with Crippen molar-refractivity contribution >= 4 is 11.5 Å². The van der Waals surface area contributed by atoms with E-state index in [4.69, 9.17) is 0 Å². The second-order valence-electron chi connectivity index (χ2n) is 4.55. The zero-order valence-electron chi connectivity index (χ0n) is 10.4. The van der Waals surface area contributed by atoms with E-state index in [0.717, 1.165) is 19.3 Å². The SMILES string of the molecule is O=C1CCCCC=C1C(O)c1ccccc1[N+](=O)[O-].